The number of nitrogens with zero attached hydrogens (tertiary/aromatic N) is 3. The Hall–Kier alpha value is -2.15. The number of hydrogen-bond donors (Lipinski definition) is 0. The summed E-state index contributed by atoms with van der Waals surface area (Å²) < 4.78 is 10.4. The largest absolute Gasteiger partial charge is 0.467 e. The third-order valence-electron chi connectivity index (χ3n) is 6.13. The van der Waals surface area contributed by atoms with Gasteiger partial charge in [0.2, 0.25) is 0 Å². The van der Waals surface area contributed by atoms with Crippen LogP contribution in [0.2, 0.25) is 0 Å². The number of rotatable bonds is 3. The summed E-state index contributed by atoms with van der Waals surface area (Å²) in [6, 6.07) is 3.37. The summed E-state index contributed by atoms with van der Waals surface area (Å²) in [7, 11) is 1.39. The van der Waals surface area contributed by atoms with Crippen LogP contribution >= 0.6 is 0 Å². The van der Waals surface area contributed by atoms with Crippen molar-refractivity contribution in [1.82, 2.24) is 9.88 Å². The van der Waals surface area contributed by atoms with E-state index in [1.807, 2.05) is 12.1 Å². The summed E-state index contributed by atoms with van der Waals surface area (Å²) in [5.41, 5.74) is 0.534. The van der Waals surface area contributed by atoms with Gasteiger partial charge in [0, 0.05) is 25.3 Å². The van der Waals surface area contributed by atoms with Gasteiger partial charge < -0.3 is 19.3 Å². The first-order valence-corrected chi connectivity index (χ1v) is 9.88. The predicted octanol–water partition coefficient (Wildman–Crippen LogP) is 1.86. The van der Waals surface area contributed by atoms with Gasteiger partial charge in [-0.1, -0.05) is 12.8 Å². The summed E-state index contributed by atoms with van der Waals surface area (Å²) >= 11 is 0. The van der Waals surface area contributed by atoms with Crippen LogP contribution in [0.5, 0.6) is 0 Å². The molecule has 146 valence electrons. The predicted molar refractivity (Wildman–Crippen MR) is 99.6 cm³/mol. The highest BCUT2D eigenvalue weighted by atomic mass is 16.5. The zero-order valence-electron chi connectivity index (χ0n) is 15.8. The van der Waals surface area contributed by atoms with Gasteiger partial charge in [-0.05, 0) is 37.3 Å². The number of likely N-dealkylation sites (tertiary alicyclic amines) is 1. The second-order valence-corrected chi connectivity index (χ2v) is 7.60. The number of methoxy groups -OCH3 is 1. The Morgan fingerprint density at radius 2 is 1.96 bits per heavy atom. The number of esters is 1. The minimum absolute atomic E-state index is 0.110. The van der Waals surface area contributed by atoms with Crippen molar-refractivity contribution in [1.29, 1.82) is 0 Å². The number of morpholine rings is 1. The fourth-order valence-corrected chi connectivity index (χ4v) is 4.74. The molecule has 2 aliphatic heterocycles. The highest BCUT2D eigenvalue weighted by molar-refractivity contribution is 5.97. The molecule has 27 heavy (non-hydrogen) atoms. The quantitative estimate of drug-likeness (QED) is 0.753. The molecule has 0 spiro atoms. The number of carbonyl (C=O) groups excluding carboxylic acids is 2. The van der Waals surface area contributed by atoms with Crippen molar-refractivity contribution in [2.75, 3.05) is 38.3 Å². The third-order valence-corrected chi connectivity index (χ3v) is 6.13. The maximum absolute atomic E-state index is 13.3. The molecule has 4 rings (SSSR count). The van der Waals surface area contributed by atoms with Crippen molar-refractivity contribution >= 4 is 17.7 Å². The fraction of sp³-hybridized carbons (Fsp3) is 0.650. The molecule has 1 amide bonds. The number of carbonyl (C=O) groups is 2. The van der Waals surface area contributed by atoms with Crippen molar-refractivity contribution in [3.8, 4) is 0 Å². The second-order valence-electron chi connectivity index (χ2n) is 7.60. The fourth-order valence-electron chi connectivity index (χ4n) is 4.74. The summed E-state index contributed by atoms with van der Waals surface area (Å²) in [6.07, 6.45) is 6.67. The highest BCUT2D eigenvalue weighted by Crippen LogP contribution is 2.40. The normalized spacial score (nSPS) is 28.0. The van der Waals surface area contributed by atoms with Gasteiger partial charge in [0.15, 0.2) is 0 Å². The van der Waals surface area contributed by atoms with Gasteiger partial charge in [-0.25, -0.2) is 9.78 Å². The van der Waals surface area contributed by atoms with Gasteiger partial charge in [0.1, 0.15) is 11.9 Å². The van der Waals surface area contributed by atoms with Crippen LogP contribution in [-0.4, -0.2) is 67.3 Å². The van der Waals surface area contributed by atoms with Crippen LogP contribution < -0.4 is 4.90 Å². The Morgan fingerprint density at radius 1 is 1.19 bits per heavy atom. The molecule has 0 radical (unpaired) electrons. The zero-order valence-corrected chi connectivity index (χ0v) is 15.8. The van der Waals surface area contributed by atoms with Crippen LogP contribution in [0.3, 0.4) is 0 Å². The molecule has 1 aromatic heterocycles. The summed E-state index contributed by atoms with van der Waals surface area (Å²) in [4.78, 5) is 34.0. The standard InChI is InChI=1S/C20H27N3O4/c1-26-20(25)17-12-14-4-2-3-5-16(14)23(17)19(24)15-6-7-18(21-13-15)22-8-10-27-11-9-22/h6-7,13-14,16-17H,2-5,8-12H2,1H3/t14-,16-,17+/m1/s1. The number of hydrogen-bond acceptors (Lipinski definition) is 6. The monoisotopic (exact) mass is 373 g/mol. The van der Waals surface area contributed by atoms with E-state index in [4.69, 9.17) is 9.47 Å². The van der Waals surface area contributed by atoms with Crippen molar-refractivity contribution in [3.63, 3.8) is 0 Å². The minimum atomic E-state index is -0.477. The van der Waals surface area contributed by atoms with Crippen molar-refractivity contribution in [3.05, 3.63) is 23.9 Å². The maximum atomic E-state index is 13.3. The van der Waals surface area contributed by atoms with Gasteiger partial charge in [-0.15, -0.1) is 0 Å². The first kappa shape index (κ1) is 18.2. The van der Waals surface area contributed by atoms with E-state index >= 15 is 0 Å². The number of pyridine rings is 1. The van der Waals surface area contributed by atoms with E-state index in [2.05, 4.69) is 9.88 Å². The Kier molecular flexibility index (Phi) is 5.29. The van der Waals surface area contributed by atoms with Crippen LogP contribution in [0.25, 0.3) is 0 Å². The summed E-state index contributed by atoms with van der Waals surface area (Å²) in [6.45, 7) is 3.00. The number of anilines is 1. The molecule has 0 aromatic carbocycles. The van der Waals surface area contributed by atoms with E-state index in [1.165, 1.54) is 13.5 Å². The lowest BCUT2D eigenvalue weighted by molar-refractivity contribution is -0.145. The maximum Gasteiger partial charge on any atom is 0.328 e. The van der Waals surface area contributed by atoms with E-state index in [1.54, 1.807) is 11.1 Å². The van der Waals surface area contributed by atoms with E-state index in [0.29, 0.717) is 31.1 Å². The smallest absolute Gasteiger partial charge is 0.328 e. The van der Waals surface area contributed by atoms with E-state index in [9.17, 15) is 9.59 Å². The summed E-state index contributed by atoms with van der Waals surface area (Å²) in [5.74, 6) is 0.834. The topological polar surface area (TPSA) is 72.0 Å². The number of ether oxygens (including phenoxy) is 2. The Balaban J connectivity index is 1.54. The van der Waals surface area contributed by atoms with Crippen LogP contribution in [0.15, 0.2) is 18.3 Å². The lowest BCUT2D eigenvalue weighted by atomic mass is 9.84. The molecular formula is C20H27N3O4. The molecule has 3 atom stereocenters. The van der Waals surface area contributed by atoms with Crippen molar-refractivity contribution in [2.24, 2.45) is 5.92 Å². The minimum Gasteiger partial charge on any atom is -0.467 e. The molecule has 7 nitrogen and oxygen atoms in total. The molecule has 0 bridgehead atoms. The molecule has 3 fully saturated rings. The lowest BCUT2D eigenvalue weighted by Crippen LogP contribution is -2.46. The van der Waals surface area contributed by atoms with E-state index in [-0.39, 0.29) is 17.9 Å². The average Bonchev–Trinajstić information content (AvgIpc) is 3.13. The molecule has 1 aromatic rings. The van der Waals surface area contributed by atoms with Crippen LogP contribution in [0, 0.1) is 5.92 Å². The van der Waals surface area contributed by atoms with Gasteiger partial charge in [-0.3, -0.25) is 4.79 Å². The van der Waals surface area contributed by atoms with Gasteiger partial charge in [0.05, 0.1) is 25.9 Å². The second kappa shape index (κ2) is 7.84. The van der Waals surface area contributed by atoms with Gasteiger partial charge in [0.25, 0.3) is 5.91 Å². The SMILES string of the molecule is COC(=O)[C@@H]1C[C@H]2CCCC[C@H]2N1C(=O)c1ccc(N2CCOCC2)nc1. The highest BCUT2D eigenvalue weighted by Gasteiger charge is 2.48. The van der Waals surface area contributed by atoms with Gasteiger partial charge >= 0.3 is 5.97 Å². The third kappa shape index (κ3) is 3.52. The van der Waals surface area contributed by atoms with Crippen molar-refractivity contribution < 1.29 is 19.1 Å². The Morgan fingerprint density at radius 3 is 2.67 bits per heavy atom. The molecule has 0 N–H and O–H groups in total. The Labute approximate surface area is 159 Å². The average molecular weight is 373 g/mol. The number of amides is 1. The van der Waals surface area contributed by atoms with Gasteiger partial charge in [-0.2, -0.15) is 0 Å². The number of aromatic nitrogens is 1. The first-order chi connectivity index (χ1) is 13.2. The molecule has 2 saturated heterocycles. The molecule has 3 heterocycles. The van der Waals surface area contributed by atoms with Crippen LogP contribution in [-0.2, 0) is 14.3 Å². The lowest BCUT2D eigenvalue weighted by Gasteiger charge is -2.33. The van der Waals surface area contributed by atoms with Crippen LogP contribution in [0.4, 0.5) is 5.82 Å². The Bertz CT molecular complexity index is 687. The molecule has 1 saturated carbocycles. The zero-order chi connectivity index (χ0) is 18.8. The van der Waals surface area contributed by atoms with E-state index in [0.717, 1.165) is 38.2 Å². The molecule has 0 unspecified atom stereocenters. The van der Waals surface area contributed by atoms with Crippen molar-refractivity contribution in [2.45, 2.75) is 44.2 Å². The van der Waals surface area contributed by atoms with Crippen LogP contribution in [0.1, 0.15) is 42.5 Å². The number of fused-ring (bicyclic) bond motifs is 1. The summed E-state index contributed by atoms with van der Waals surface area (Å²) in [5, 5.41) is 0. The van der Waals surface area contributed by atoms with E-state index < -0.39 is 6.04 Å². The molecular weight excluding hydrogens is 346 g/mol. The molecule has 1 aliphatic carbocycles. The molecule has 7 heteroatoms. The first-order valence-electron chi connectivity index (χ1n) is 9.88. The molecule has 3 aliphatic rings.